The van der Waals surface area contributed by atoms with Crippen LogP contribution < -0.4 is 17.0 Å². The minimum atomic E-state index is -1.12. The van der Waals surface area contributed by atoms with Crippen LogP contribution in [0.2, 0.25) is 0 Å². The van der Waals surface area contributed by atoms with Crippen LogP contribution >= 0.6 is 0 Å². The minimum absolute atomic E-state index is 0.0294. The van der Waals surface area contributed by atoms with Crippen LogP contribution in [0.15, 0.2) is 34.0 Å². The Morgan fingerprint density at radius 1 is 1.27 bits per heavy atom. The standard InChI is InChI=1S/C14H15N3O5/c15-10(13(20)21)4-7-1-2-11(18)8(3-7)5-9-6-16-14(22)17-12(9)19/h1-3,6,10,18H,4-5,15H2,(H,20,21)(H2,16,17,19,22)/t10-/m0/s1. The molecule has 0 bridgehead atoms. The van der Waals surface area contributed by atoms with E-state index in [1.165, 1.54) is 12.3 Å². The lowest BCUT2D eigenvalue weighted by molar-refractivity contribution is -0.138. The maximum absolute atomic E-state index is 11.7. The van der Waals surface area contributed by atoms with Gasteiger partial charge in [-0.1, -0.05) is 12.1 Å². The lowest BCUT2D eigenvalue weighted by atomic mass is 10.00. The molecule has 0 amide bonds. The molecule has 6 N–H and O–H groups in total. The summed E-state index contributed by atoms with van der Waals surface area (Å²) in [5.74, 6) is -1.15. The Balaban J connectivity index is 2.28. The molecule has 1 atom stereocenters. The molecule has 0 unspecified atom stereocenters. The Morgan fingerprint density at radius 3 is 2.64 bits per heavy atom. The highest BCUT2D eigenvalue weighted by Gasteiger charge is 2.14. The molecule has 22 heavy (non-hydrogen) atoms. The van der Waals surface area contributed by atoms with Gasteiger partial charge < -0.3 is 20.9 Å². The number of aromatic nitrogens is 2. The molecule has 0 fully saturated rings. The molecule has 0 spiro atoms. The molecule has 0 aliphatic rings. The van der Waals surface area contributed by atoms with Crippen LogP contribution in [-0.4, -0.2) is 32.2 Å². The van der Waals surface area contributed by atoms with Crippen molar-refractivity contribution in [2.24, 2.45) is 5.73 Å². The number of carbonyl (C=O) groups is 1. The van der Waals surface area contributed by atoms with Gasteiger partial charge >= 0.3 is 11.7 Å². The van der Waals surface area contributed by atoms with Crippen molar-refractivity contribution in [3.63, 3.8) is 0 Å². The summed E-state index contributed by atoms with van der Waals surface area (Å²) in [5, 5.41) is 18.7. The maximum atomic E-state index is 11.7. The smallest absolute Gasteiger partial charge is 0.325 e. The van der Waals surface area contributed by atoms with Crippen molar-refractivity contribution in [1.82, 2.24) is 9.97 Å². The number of nitrogens with two attached hydrogens (primary N) is 1. The molecule has 0 aliphatic carbocycles. The molecule has 1 heterocycles. The number of aliphatic carboxylic acids is 1. The fourth-order valence-corrected chi connectivity index (χ4v) is 2.02. The lowest BCUT2D eigenvalue weighted by Crippen LogP contribution is -2.32. The van der Waals surface area contributed by atoms with Gasteiger partial charge in [-0.15, -0.1) is 0 Å². The molecule has 0 saturated heterocycles. The lowest BCUT2D eigenvalue weighted by Gasteiger charge is -2.10. The summed E-state index contributed by atoms with van der Waals surface area (Å²) < 4.78 is 0. The van der Waals surface area contributed by atoms with E-state index in [9.17, 15) is 19.5 Å². The van der Waals surface area contributed by atoms with Gasteiger partial charge in [-0.3, -0.25) is 14.6 Å². The molecule has 0 radical (unpaired) electrons. The van der Waals surface area contributed by atoms with Gasteiger partial charge in [-0.2, -0.15) is 0 Å². The topological polar surface area (TPSA) is 149 Å². The van der Waals surface area contributed by atoms with Crippen LogP contribution in [0, 0.1) is 0 Å². The average molecular weight is 305 g/mol. The number of nitrogens with one attached hydrogen (secondary N) is 2. The quantitative estimate of drug-likeness (QED) is 0.493. The first-order chi connectivity index (χ1) is 10.4. The highest BCUT2D eigenvalue weighted by Crippen LogP contribution is 2.21. The van der Waals surface area contributed by atoms with Crippen molar-refractivity contribution < 1.29 is 15.0 Å². The van der Waals surface area contributed by atoms with Gasteiger partial charge in [0, 0.05) is 18.2 Å². The number of carboxylic acid groups (broad SMARTS) is 1. The van der Waals surface area contributed by atoms with Crippen molar-refractivity contribution in [1.29, 1.82) is 0 Å². The second-order valence-electron chi connectivity index (χ2n) is 4.89. The molecule has 1 aromatic carbocycles. The van der Waals surface area contributed by atoms with Crippen molar-refractivity contribution >= 4 is 5.97 Å². The van der Waals surface area contributed by atoms with E-state index >= 15 is 0 Å². The molecule has 2 rings (SSSR count). The molecule has 8 nitrogen and oxygen atoms in total. The van der Waals surface area contributed by atoms with Gasteiger partial charge in [-0.25, -0.2) is 4.79 Å². The molecule has 2 aromatic rings. The van der Waals surface area contributed by atoms with Crippen LogP contribution in [0.4, 0.5) is 0 Å². The maximum Gasteiger partial charge on any atom is 0.325 e. The highest BCUT2D eigenvalue weighted by molar-refractivity contribution is 5.73. The molecule has 1 aromatic heterocycles. The summed E-state index contributed by atoms with van der Waals surface area (Å²) in [4.78, 5) is 37.8. The predicted octanol–water partition coefficient (Wildman–Crippen LogP) is -0.686. The second kappa shape index (κ2) is 6.27. The Labute approximate surface area is 124 Å². The summed E-state index contributed by atoms with van der Waals surface area (Å²) in [6, 6.07) is 3.52. The summed E-state index contributed by atoms with van der Waals surface area (Å²) >= 11 is 0. The first-order valence-electron chi connectivity index (χ1n) is 6.47. The van der Waals surface area contributed by atoms with Crippen LogP contribution in [0.5, 0.6) is 5.75 Å². The van der Waals surface area contributed by atoms with Gasteiger partial charge in [0.15, 0.2) is 0 Å². The van der Waals surface area contributed by atoms with Crippen LogP contribution in [0.25, 0.3) is 0 Å². The van der Waals surface area contributed by atoms with Crippen molar-refractivity contribution in [2.75, 3.05) is 0 Å². The number of H-pyrrole nitrogens is 2. The number of rotatable bonds is 5. The number of hydrogen-bond donors (Lipinski definition) is 5. The van der Waals surface area contributed by atoms with Gasteiger partial charge in [0.05, 0.1) is 0 Å². The molecule has 0 aliphatic heterocycles. The zero-order chi connectivity index (χ0) is 16.3. The minimum Gasteiger partial charge on any atom is -0.508 e. The first-order valence-corrected chi connectivity index (χ1v) is 6.47. The molecule has 116 valence electrons. The van der Waals surface area contributed by atoms with E-state index in [1.54, 1.807) is 12.1 Å². The van der Waals surface area contributed by atoms with E-state index in [0.717, 1.165) is 0 Å². The Morgan fingerprint density at radius 2 is 2.00 bits per heavy atom. The highest BCUT2D eigenvalue weighted by atomic mass is 16.4. The SMILES string of the molecule is N[C@@H](Cc1ccc(O)c(Cc2c[nH]c(=O)[nH]c2=O)c1)C(=O)O. The van der Waals surface area contributed by atoms with Crippen LogP contribution in [-0.2, 0) is 17.6 Å². The number of benzene rings is 1. The van der Waals surface area contributed by atoms with E-state index in [4.69, 9.17) is 10.8 Å². The molecule has 0 saturated carbocycles. The third-order valence-electron chi connectivity index (χ3n) is 3.19. The Bertz CT molecular complexity index is 809. The molecular formula is C14H15N3O5. The van der Waals surface area contributed by atoms with E-state index in [0.29, 0.717) is 11.1 Å². The zero-order valence-electron chi connectivity index (χ0n) is 11.5. The van der Waals surface area contributed by atoms with Gasteiger partial charge in [0.2, 0.25) is 0 Å². The summed E-state index contributed by atoms with van der Waals surface area (Å²) in [5.41, 5.74) is 5.65. The van der Waals surface area contributed by atoms with E-state index < -0.39 is 23.3 Å². The molecular weight excluding hydrogens is 290 g/mol. The normalized spacial score (nSPS) is 12.0. The Hall–Kier alpha value is -2.87. The number of aromatic hydroxyl groups is 1. The van der Waals surface area contributed by atoms with Crippen LogP contribution in [0.3, 0.4) is 0 Å². The average Bonchev–Trinajstić information content (AvgIpc) is 2.45. The number of phenols is 1. The predicted molar refractivity (Wildman–Crippen MR) is 77.9 cm³/mol. The largest absolute Gasteiger partial charge is 0.508 e. The third-order valence-corrected chi connectivity index (χ3v) is 3.19. The van der Waals surface area contributed by atoms with E-state index in [2.05, 4.69) is 9.97 Å². The van der Waals surface area contributed by atoms with Gasteiger partial charge in [0.25, 0.3) is 5.56 Å². The number of hydrogen-bond acceptors (Lipinski definition) is 5. The van der Waals surface area contributed by atoms with Crippen LogP contribution in [0.1, 0.15) is 16.7 Å². The fourth-order valence-electron chi connectivity index (χ4n) is 2.02. The van der Waals surface area contributed by atoms with Gasteiger partial charge in [-0.05, 0) is 23.6 Å². The fraction of sp³-hybridized carbons (Fsp3) is 0.214. The number of carboxylic acids is 1. The van der Waals surface area contributed by atoms with E-state index in [1.807, 2.05) is 0 Å². The monoisotopic (exact) mass is 305 g/mol. The third kappa shape index (κ3) is 3.61. The summed E-state index contributed by atoms with van der Waals surface area (Å²) in [6.45, 7) is 0. The van der Waals surface area contributed by atoms with Crippen molar-refractivity contribution in [2.45, 2.75) is 18.9 Å². The second-order valence-corrected chi connectivity index (χ2v) is 4.89. The van der Waals surface area contributed by atoms with E-state index in [-0.39, 0.29) is 24.2 Å². The zero-order valence-corrected chi connectivity index (χ0v) is 11.5. The van der Waals surface area contributed by atoms with Crippen molar-refractivity contribution in [3.05, 3.63) is 61.9 Å². The van der Waals surface area contributed by atoms with Gasteiger partial charge in [0.1, 0.15) is 11.8 Å². The number of phenolic OH excluding ortho intramolecular Hbond substituents is 1. The first kappa shape index (κ1) is 15.5. The summed E-state index contributed by atoms with van der Waals surface area (Å²) in [7, 11) is 0. The molecule has 8 heteroatoms. The Kier molecular flexibility index (Phi) is 4.42. The number of aromatic amines is 2. The van der Waals surface area contributed by atoms with Crippen molar-refractivity contribution in [3.8, 4) is 5.75 Å². The summed E-state index contributed by atoms with van der Waals surface area (Å²) in [6.07, 6.45) is 1.47.